The van der Waals surface area contributed by atoms with Crippen molar-refractivity contribution in [2.75, 3.05) is 13.1 Å². The zero-order chi connectivity index (χ0) is 28.5. The Bertz CT molecular complexity index is 1460. The summed E-state index contributed by atoms with van der Waals surface area (Å²) in [6.45, 7) is 7.89. The molecule has 1 fully saturated rings. The lowest BCUT2D eigenvalue weighted by Gasteiger charge is -2.42. The summed E-state index contributed by atoms with van der Waals surface area (Å²) >= 11 is 0. The minimum absolute atomic E-state index is 0.00779. The zero-order valence-electron chi connectivity index (χ0n) is 23.1. The van der Waals surface area contributed by atoms with Crippen LogP contribution in [-0.4, -0.2) is 55.2 Å². The minimum Gasteiger partial charge on any atom is -0.485 e. The number of nitrogens with one attached hydrogen (secondary N) is 2. The third-order valence-electron chi connectivity index (χ3n) is 7.79. The number of aliphatic hydroxyl groups is 1. The van der Waals surface area contributed by atoms with Crippen molar-refractivity contribution in [2.24, 2.45) is 0 Å². The third kappa shape index (κ3) is 6.07. The van der Waals surface area contributed by atoms with Crippen LogP contribution < -0.4 is 14.8 Å². The fraction of sp³-hybridized carbons (Fsp3) is 0.387. The van der Waals surface area contributed by atoms with Gasteiger partial charge >= 0.3 is 0 Å². The summed E-state index contributed by atoms with van der Waals surface area (Å²) in [6.07, 6.45) is 0.452. The number of nitrogens with zero attached hydrogens (tertiary/aromatic N) is 1. The van der Waals surface area contributed by atoms with Gasteiger partial charge in [-0.2, -0.15) is 0 Å². The number of ether oxygens (including phenoxy) is 1. The second kappa shape index (κ2) is 11.3. The van der Waals surface area contributed by atoms with Crippen LogP contribution in [0.1, 0.15) is 60.3 Å². The molecule has 0 saturated carbocycles. The number of likely N-dealkylation sites (tertiary alicyclic amines) is 1. The normalized spacial score (nSPS) is 22.4. The average Bonchev–Trinajstić information content (AvgIpc) is 3.37. The number of carbonyl (C=O) groups excluding carboxylic acids is 1. The molecule has 8 nitrogen and oxygen atoms in total. The Morgan fingerprint density at radius 1 is 1.05 bits per heavy atom. The Balaban J connectivity index is 1.33. The van der Waals surface area contributed by atoms with Crippen molar-refractivity contribution in [3.05, 3.63) is 95.1 Å². The molecule has 5 rings (SSSR count). The van der Waals surface area contributed by atoms with Gasteiger partial charge in [0.15, 0.2) is 0 Å². The Labute approximate surface area is 236 Å². The van der Waals surface area contributed by atoms with Crippen molar-refractivity contribution in [1.29, 1.82) is 0 Å². The largest absolute Gasteiger partial charge is 0.485 e. The molecular formula is C31H37N3O5S. The summed E-state index contributed by atoms with van der Waals surface area (Å²) in [4.78, 5) is 15.7. The van der Waals surface area contributed by atoms with E-state index in [1.165, 1.54) is 5.56 Å². The summed E-state index contributed by atoms with van der Waals surface area (Å²) in [6, 6.07) is 20.9. The lowest BCUT2D eigenvalue weighted by Crippen LogP contribution is -2.53. The molecule has 0 radical (unpaired) electrons. The van der Waals surface area contributed by atoms with Crippen LogP contribution in [0.25, 0.3) is 0 Å². The summed E-state index contributed by atoms with van der Waals surface area (Å²) in [7, 11) is -3.97. The Morgan fingerprint density at radius 3 is 2.48 bits per heavy atom. The summed E-state index contributed by atoms with van der Waals surface area (Å²) in [5.74, 6) is 0.182. The average molecular weight is 564 g/mol. The van der Waals surface area contributed by atoms with E-state index in [1.807, 2.05) is 25.1 Å². The quantitative estimate of drug-likeness (QED) is 0.385. The van der Waals surface area contributed by atoms with Gasteiger partial charge in [-0.3, -0.25) is 9.69 Å². The van der Waals surface area contributed by atoms with Gasteiger partial charge in [0.2, 0.25) is 10.0 Å². The summed E-state index contributed by atoms with van der Waals surface area (Å²) in [5, 5.41) is 14.3. The first-order valence-corrected chi connectivity index (χ1v) is 15.2. The topological polar surface area (TPSA) is 108 Å². The van der Waals surface area contributed by atoms with Crippen molar-refractivity contribution < 1.29 is 23.1 Å². The van der Waals surface area contributed by atoms with Crippen molar-refractivity contribution in [2.45, 2.75) is 68.8 Å². The fourth-order valence-electron chi connectivity index (χ4n) is 5.41. The van der Waals surface area contributed by atoms with Gasteiger partial charge in [-0.05, 0) is 68.1 Å². The summed E-state index contributed by atoms with van der Waals surface area (Å²) < 4.78 is 35.4. The number of carbonyl (C=O) groups is 1. The molecule has 1 amide bonds. The number of rotatable bonds is 8. The van der Waals surface area contributed by atoms with Crippen molar-refractivity contribution in [3.63, 3.8) is 0 Å². The number of amides is 1. The predicted molar refractivity (Wildman–Crippen MR) is 154 cm³/mol. The standard InChI is InChI=1S/C31H37N3O5S/c1-4-21-10-13-25(14-11-21)40(37,38)33-28-26-18-23(12-15-27(26)39-31(2,3)29(28)35)30(36)32-24-16-17-34(20-24)19-22-8-6-5-7-9-22/h5-15,18,24,28-29,33,35H,4,16-17,19-20H2,1-3H3,(H,32,36)/t24?,28-,29+/m1/s1. The van der Waals surface area contributed by atoms with Gasteiger partial charge in [0.1, 0.15) is 17.5 Å². The molecule has 1 unspecified atom stereocenters. The highest BCUT2D eigenvalue weighted by Gasteiger charge is 2.45. The molecule has 2 aliphatic heterocycles. The second-order valence-electron chi connectivity index (χ2n) is 11.2. The number of sulfonamides is 1. The molecule has 9 heteroatoms. The number of benzene rings is 3. The first-order valence-electron chi connectivity index (χ1n) is 13.7. The van der Waals surface area contributed by atoms with Crippen molar-refractivity contribution >= 4 is 15.9 Å². The van der Waals surface area contributed by atoms with E-state index in [2.05, 4.69) is 27.1 Å². The predicted octanol–water partition coefficient (Wildman–Crippen LogP) is 3.80. The molecule has 1 saturated heterocycles. The number of hydrogen-bond donors (Lipinski definition) is 3. The minimum atomic E-state index is -3.97. The Morgan fingerprint density at radius 2 is 1.77 bits per heavy atom. The van der Waals surface area contributed by atoms with Crippen LogP contribution in [-0.2, 0) is 23.0 Å². The highest BCUT2D eigenvalue weighted by atomic mass is 32.2. The Kier molecular flexibility index (Phi) is 8.01. The second-order valence-corrected chi connectivity index (χ2v) is 12.9. The lowest BCUT2D eigenvalue weighted by atomic mass is 9.86. The monoisotopic (exact) mass is 563 g/mol. The van der Waals surface area contributed by atoms with Crippen LogP contribution >= 0.6 is 0 Å². The molecule has 3 aromatic rings. The molecule has 2 heterocycles. The third-order valence-corrected chi connectivity index (χ3v) is 9.25. The molecular weight excluding hydrogens is 526 g/mol. The first-order chi connectivity index (χ1) is 19.1. The van der Waals surface area contributed by atoms with Crippen LogP contribution in [0.4, 0.5) is 0 Å². The maximum absolute atomic E-state index is 13.3. The van der Waals surface area contributed by atoms with Gasteiger partial charge in [-0.25, -0.2) is 13.1 Å². The van der Waals surface area contributed by atoms with E-state index >= 15 is 0 Å². The number of aryl methyl sites for hydroxylation is 1. The van der Waals surface area contributed by atoms with E-state index in [9.17, 15) is 18.3 Å². The molecule has 0 aromatic heterocycles. The van der Waals surface area contributed by atoms with Gasteiger partial charge in [-0.1, -0.05) is 49.4 Å². The fourth-order valence-corrected chi connectivity index (χ4v) is 6.63. The van der Waals surface area contributed by atoms with Gasteiger partial charge in [0.05, 0.1) is 10.9 Å². The maximum atomic E-state index is 13.3. The molecule has 0 bridgehead atoms. The van der Waals surface area contributed by atoms with E-state index in [4.69, 9.17) is 4.74 Å². The van der Waals surface area contributed by atoms with E-state index < -0.39 is 27.8 Å². The lowest BCUT2D eigenvalue weighted by molar-refractivity contribution is -0.0603. The van der Waals surface area contributed by atoms with Crippen LogP contribution in [0.3, 0.4) is 0 Å². The van der Waals surface area contributed by atoms with E-state index in [1.54, 1.807) is 56.3 Å². The maximum Gasteiger partial charge on any atom is 0.251 e. The summed E-state index contributed by atoms with van der Waals surface area (Å²) in [5.41, 5.74) is 2.01. The van der Waals surface area contributed by atoms with Crippen LogP contribution in [0, 0.1) is 0 Å². The van der Waals surface area contributed by atoms with Gasteiger partial charge in [-0.15, -0.1) is 0 Å². The van der Waals surface area contributed by atoms with Crippen molar-refractivity contribution in [3.8, 4) is 5.75 Å². The van der Waals surface area contributed by atoms with Gasteiger partial charge in [0.25, 0.3) is 5.91 Å². The van der Waals surface area contributed by atoms with Crippen LogP contribution in [0.2, 0.25) is 0 Å². The van der Waals surface area contributed by atoms with Crippen molar-refractivity contribution in [1.82, 2.24) is 14.9 Å². The van der Waals surface area contributed by atoms with Gasteiger partial charge in [0, 0.05) is 36.8 Å². The zero-order valence-corrected chi connectivity index (χ0v) is 23.9. The number of hydrogen-bond acceptors (Lipinski definition) is 6. The van der Waals surface area contributed by atoms with Crippen LogP contribution in [0.15, 0.2) is 77.7 Å². The molecule has 3 aromatic carbocycles. The van der Waals surface area contributed by atoms with Crippen LogP contribution in [0.5, 0.6) is 5.75 Å². The molecule has 2 aliphatic rings. The number of aliphatic hydroxyl groups excluding tert-OH is 1. The molecule has 3 N–H and O–H groups in total. The molecule has 40 heavy (non-hydrogen) atoms. The van der Waals surface area contributed by atoms with Gasteiger partial charge < -0.3 is 15.2 Å². The first kappa shape index (κ1) is 28.3. The molecule has 3 atom stereocenters. The number of fused-ring (bicyclic) bond motifs is 1. The SMILES string of the molecule is CCc1ccc(S(=O)(=O)N[C@@H]2c3cc(C(=O)NC4CCN(Cc5ccccc5)C4)ccc3OC(C)(C)[C@H]2O)cc1. The van der Waals surface area contributed by atoms with E-state index in [0.29, 0.717) is 16.9 Å². The van der Waals surface area contributed by atoms with E-state index in [0.717, 1.165) is 38.0 Å². The highest BCUT2D eigenvalue weighted by molar-refractivity contribution is 7.89. The molecule has 212 valence electrons. The molecule has 0 spiro atoms. The highest BCUT2D eigenvalue weighted by Crippen LogP contribution is 2.41. The van der Waals surface area contributed by atoms with E-state index in [-0.39, 0.29) is 16.8 Å². The Hall–Kier alpha value is -3.24. The molecule has 0 aliphatic carbocycles. The smallest absolute Gasteiger partial charge is 0.251 e.